The van der Waals surface area contributed by atoms with E-state index >= 15 is 0 Å². The van der Waals surface area contributed by atoms with Crippen LogP contribution in [0.5, 0.6) is 0 Å². The fourth-order valence-corrected chi connectivity index (χ4v) is 3.57. The summed E-state index contributed by atoms with van der Waals surface area (Å²) in [6.45, 7) is 11.2. The molecule has 132 valence electrons. The predicted molar refractivity (Wildman–Crippen MR) is 99.0 cm³/mol. The average molecular weight is 329 g/mol. The number of benzene rings is 1. The molecule has 1 N–H and O–H groups in total. The minimum atomic E-state index is 0.208. The van der Waals surface area contributed by atoms with E-state index in [0.717, 1.165) is 38.8 Å². The van der Waals surface area contributed by atoms with Gasteiger partial charge in [0.2, 0.25) is 5.91 Å². The molecule has 1 atom stereocenters. The van der Waals surface area contributed by atoms with E-state index in [2.05, 4.69) is 62.2 Å². The first kappa shape index (κ1) is 17.5. The largest absolute Gasteiger partial charge is 0.353 e. The van der Waals surface area contributed by atoms with Crippen LogP contribution in [0.15, 0.2) is 24.3 Å². The molecule has 1 aromatic carbocycles. The fraction of sp³-hybridized carbons (Fsp3) is 0.667. The highest BCUT2D eigenvalue weighted by Gasteiger charge is 2.32. The summed E-state index contributed by atoms with van der Waals surface area (Å²) in [5, 5.41) is 3.24. The number of carbonyl (C=O) groups is 1. The van der Waals surface area contributed by atoms with Gasteiger partial charge in [-0.1, -0.05) is 45.0 Å². The number of nitrogens with one attached hydrogen (secondary N) is 1. The highest BCUT2D eigenvalue weighted by atomic mass is 16.2. The molecule has 0 spiro atoms. The lowest BCUT2D eigenvalue weighted by atomic mass is 9.86. The second-order valence-corrected chi connectivity index (χ2v) is 8.64. The Morgan fingerprint density at radius 2 is 1.67 bits per heavy atom. The van der Waals surface area contributed by atoms with Gasteiger partial charge in [0.25, 0.3) is 0 Å². The van der Waals surface area contributed by atoms with Crippen molar-refractivity contribution in [3.63, 3.8) is 0 Å². The molecule has 1 aromatic rings. The van der Waals surface area contributed by atoms with Crippen molar-refractivity contribution in [3.05, 3.63) is 35.4 Å². The molecule has 24 heavy (non-hydrogen) atoms. The normalized spacial score (nSPS) is 21.5. The van der Waals surface area contributed by atoms with Crippen LogP contribution >= 0.6 is 0 Å². The van der Waals surface area contributed by atoms with Crippen LogP contribution in [0, 0.1) is 5.92 Å². The monoisotopic (exact) mass is 328 g/mol. The first-order valence-corrected chi connectivity index (χ1v) is 9.49. The number of nitrogens with zero attached hydrogens (tertiary/aromatic N) is 1. The zero-order valence-electron chi connectivity index (χ0n) is 15.6. The van der Waals surface area contributed by atoms with Gasteiger partial charge in [0.05, 0.1) is 0 Å². The quantitative estimate of drug-likeness (QED) is 0.905. The first-order valence-electron chi connectivity index (χ1n) is 9.49. The van der Waals surface area contributed by atoms with E-state index in [1.54, 1.807) is 0 Å². The molecular weight excluding hydrogens is 296 g/mol. The molecule has 1 aliphatic carbocycles. The van der Waals surface area contributed by atoms with Crippen LogP contribution in [0.3, 0.4) is 0 Å². The number of piperidine rings is 1. The number of hydrogen-bond donors (Lipinski definition) is 1. The van der Waals surface area contributed by atoms with Crippen LogP contribution in [0.2, 0.25) is 0 Å². The van der Waals surface area contributed by atoms with E-state index in [1.807, 2.05) is 0 Å². The van der Waals surface area contributed by atoms with Crippen LogP contribution in [0.4, 0.5) is 0 Å². The summed E-state index contributed by atoms with van der Waals surface area (Å²) in [6.07, 6.45) is 4.32. The molecule has 3 rings (SSSR count). The Kier molecular flexibility index (Phi) is 5.00. The molecule has 1 saturated carbocycles. The van der Waals surface area contributed by atoms with Crippen LogP contribution in [0.1, 0.15) is 70.5 Å². The Hall–Kier alpha value is -1.35. The van der Waals surface area contributed by atoms with Crippen molar-refractivity contribution in [3.8, 4) is 0 Å². The smallest absolute Gasteiger partial charge is 0.223 e. The molecule has 1 saturated heterocycles. The fourth-order valence-electron chi connectivity index (χ4n) is 3.57. The van der Waals surface area contributed by atoms with Gasteiger partial charge in [-0.05, 0) is 49.1 Å². The molecule has 1 aliphatic heterocycles. The highest BCUT2D eigenvalue weighted by Crippen LogP contribution is 2.30. The van der Waals surface area contributed by atoms with Crippen molar-refractivity contribution < 1.29 is 4.79 Å². The topological polar surface area (TPSA) is 32.3 Å². The second kappa shape index (κ2) is 6.87. The first-order chi connectivity index (χ1) is 11.3. The highest BCUT2D eigenvalue weighted by molar-refractivity contribution is 5.81. The Labute approximate surface area is 146 Å². The van der Waals surface area contributed by atoms with E-state index in [0.29, 0.717) is 23.9 Å². The molecule has 0 radical (unpaired) electrons. The van der Waals surface area contributed by atoms with Gasteiger partial charge in [0.15, 0.2) is 0 Å². The van der Waals surface area contributed by atoms with Crippen molar-refractivity contribution in [2.24, 2.45) is 5.92 Å². The maximum atomic E-state index is 11.9. The van der Waals surface area contributed by atoms with Crippen molar-refractivity contribution >= 4 is 5.91 Å². The summed E-state index contributed by atoms with van der Waals surface area (Å²) >= 11 is 0. The maximum Gasteiger partial charge on any atom is 0.223 e. The molecule has 0 aromatic heterocycles. The zero-order valence-corrected chi connectivity index (χ0v) is 15.6. The number of rotatable bonds is 4. The Morgan fingerprint density at radius 1 is 1.08 bits per heavy atom. The summed E-state index contributed by atoms with van der Waals surface area (Å²) in [7, 11) is 0. The Bertz CT molecular complexity index is 560. The van der Waals surface area contributed by atoms with E-state index < -0.39 is 0 Å². The molecular formula is C21H32N2O. The van der Waals surface area contributed by atoms with E-state index in [9.17, 15) is 4.79 Å². The van der Waals surface area contributed by atoms with Gasteiger partial charge >= 0.3 is 0 Å². The maximum absolute atomic E-state index is 11.9. The van der Waals surface area contributed by atoms with E-state index in [1.165, 1.54) is 11.1 Å². The third-order valence-corrected chi connectivity index (χ3v) is 5.63. The summed E-state index contributed by atoms with van der Waals surface area (Å²) in [4.78, 5) is 14.4. The molecule has 0 bridgehead atoms. The third kappa shape index (κ3) is 4.18. The van der Waals surface area contributed by atoms with Crippen molar-refractivity contribution in [1.29, 1.82) is 0 Å². The summed E-state index contributed by atoms with van der Waals surface area (Å²) in [6, 6.07) is 9.94. The SMILES string of the molecule is CC(c1ccc(C(C)(C)C)cc1)N1CCC(NC(=O)C2CC2)CC1. The summed E-state index contributed by atoms with van der Waals surface area (Å²) in [5.41, 5.74) is 2.99. The zero-order chi connectivity index (χ0) is 17.3. The lowest BCUT2D eigenvalue weighted by molar-refractivity contribution is -0.123. The summed E-state index contributed by atoms with van der Waals surface area (Å²) < 4.78 is 0. The standard InChI is InChI=1S/C21H32N2O/c1-15(16-7-9-18(10-8-16)21(2,3)4)23-13-11-19(12-14-23)22-20(24)17-5-6-17/h7-10,15,17,19H,5-6,11-14H2,1-4H3,(H,22,24). The van der Waals surface area contributed by atoms with Crippen LogP contribution < -0.4 is 5.32 Å². The van der Waals surface area contributed by atoms with Gasteiger partial charge in [-0.2, -0.15) is 0 Å². The molecule has 1 heterocycles. The van der Waals surface area contributed by atoms with Crippen LogP contribution in [-0.2, 0) is 10.2 Å². The number of likely N-dealkylation sites (tertiary alicyclic amines) is 1. The van der Waals surface area contributed by atoms with Crippen LogP contribution in [-0.4, -0.2) is 29.9 Å². The third-order valence-electron chi connectivity index (χ3n) is 5.63. The molecule has 1 amide bonds. The van der Waals surface area contributed by atoms with Gasteiger partial charge in [-0.3, -0.25) is 9.69 Å². The number of carbonyl (C=O) groups excluding carboxylic acids is 1. The van der Waals surface area contributed by atoms with Gasteiger partial charge in [0, 0.05) is 31.1 Å². The van der Waals surface area contributed by atoms with Gasteiger partial charge in [0.1, 0.15) is 0 Å². The molecule has 3 heteroatoms. The number of amides is 1. The lowest BCUT2D eigenvalue weighted by Crippen LogP contribution is -2.45. The van der Waals surface area contributed by atoms with Crippen molar-refractivity contribution in [2.75, 3.05) is 13.1 Å². The number of hydrogen-bond acceptors (Lipinski definition) is 2. The van der Waals surface area contributed by atoms with Crippen LogP contribution in [0.25, 0.3) is 0 Å². The second-order valence-electron chi connectivity index (χ2n) is 8.64. The Balaban J connectivity index is 1.52. The minimum absolute atomic E-state index is 0.208. The summed E-state index contributed by atoms with van der Waals surface area (Å²) in [5.74, 6) is 0.613. The average Bonchev–Trinajstić information content (AvgIpc) is 3.39. The van der Waals surface area contributed by atoms with Crippen molar-refractivity contribution in [2.45, 2.75) is 70.9 Å². The molecule has 2 aliphatic rings. The molecule has 1 unspecified atom stereocenters. The van der Waals surface area contributed by atoms with Crippen molar-refractivity contribution in [1.82, 2.24) is 10.2 Å². The predicted octanol–water partition coefficient (Wildman–Crippen LogP) is 4.04. The lowest BCUT2D eigenvalue weighted by Gasteiger charge is -2.36. The molecule has 3 nitrogen and oxygen atoms in total. The van der Waals surface area contributed by atoms with Gasteiger partial charge < -0.3 is 5.32 Å². The van der Waals surface area contributed by atoms with E-state index in [-0.39, 0.29) is 5.41 Å². The van der Waals surface area contributed by atoms with E-state index in [4.69, 9.17) is 0 Å². The van der Waals surface area contributed by atoms with Gasteiger partial charge in [-0.25, -0.2) is 0 Å². The molecule has 2 fully saturated rings. The van der Waals surface area contributed by atoms with Gasteiger partial charge in [-0.15, -0.1) is 0 Å². The minimum Gasteiger partial charge on any atom is -0.353 e. The Morgan fingerprint density at radius 3 is 2.17 bits per heavy atom.